The summed E-state index contributed by atoms with van der Waals surface area (Å²) in [6.07, 6.45) is 3.01. The van der Waals surface area contributed by atoms with Gasteiger partial charge < -0.3 is 10.2 Å². The maximum atomic E-state index is 9.82. The van der Waals surface area contributed by atoms with Crippen molar-refractivity contribution in [3.05, 3.63) is 0 Å². The summed E-state index contributed by atoms with van der Waals surface area (Å²) in [5.41, 5.74) is 0. The standard InChI is InChI=1S/C10H19NO2S/c12-6-8-7-14-5-4-11(8)9-2-1-3-10(9)13/h8-10,12-13H,1-7H2/t8?,9-,10-/m1/s1. The van der Waals surface area contributed by atoms with Crippen molar-refractivity contribution in [1.29, 1.82) is 0 Å². The van der Waals surface area contributed by atoms with Crippen molar-refractivity contribution in [3.8, 4) is 0 Å². The van der Waals surface area contributed by atoms with Crippen LogP contribution in [0.3, 0.4) is 0 Å². The fraction of sp³-hybridized carbons (Fsp3) is 1.00. The van der Waals surface area contributed by atoms with E-state index in [4.69, 9.17) is 0 Å². The first-order chi connectivity index (χ1) is 6.83. The van der Waals surface area contributed by atoms with Gasteiger partial charge in [-0.15, -0.1) is 0 Å². The van der Waals surface area contributed by atoms with Crippen LogP contribution in [-0.2, 0) is 0 Å². The third-order valence-corrected chi connectivity index (χ3v) is 4.45. The zero-order chi connectivity index (χ0) is 9.97. The molecule has 0 spiro atoms. The largest absolute Gasteiger partial charge is 0.395 e. The maximum absolute atomic E-state index is 9.82. The highest BCUT2D eigenvalue weighted by Crippen LogP contribution is 2.28. The average Bonchev–Trinajstić information content (AvgIpc) is 2.64. The topological polar surface area (TPSA) is 43.7 Å². The van der Waals surface area contributed by atoms with Crippen LogP contribution in [-0.4, -0.2) is 58.0 Å². The molecule has 0 bridgehead atoms. The van der Waals surface area contributed by atoms with Crippen LogP contribution in [0, 0.1) is 0 Å². The summed E-state index contributed by atoms with van der Waals surface area (Å²) in [4.78, 5) is 2.33. The van der Waals surface area contributed by atoms with E-state index in [1.807, 2.05) is 11.8 Å². The molecule has 2 N–H and O–H groups in total. The summed E-state index contributed by atoms with van der Waals surface area (Å²) >= 11 is 1.91. The number of nitrogens with zero attached hydrogens (tertiary/aromatic N) is 1. The van der Waals surface area contributed by atoms with E-state index in [-0.39, 0.29) is 18.8 Å². The van der Waals surface area contributed by atoms with Gasteiger partial charge in [-0.2, -0.15) is 11.8 Å². The molecule has 1 saturated carbocycles. The number of rotatable bonds is 2. The van der Waals surface area contributed by atoms with Crippen molar-refractivity contribution >= 4 is 11.8 Å². The molecule has 3 atom stereocenters. The number of hydrogen-bond acceptors (Lipinski definition) is 4. The fourth-order valence-corrected chi connectivity index (χ4v) is 3.65. The monoisotopic (exact) mass is 217 g/mol. The molecule has 4 heteroatoms. The minimum Gasteiger partial charge on any atom is -0.395 e. The lowest BCUT2D eigenvalue weighted by Crippen LogP contribution is -2.52. The zero-order valence-corrected chi connectivity index (χ0v) is 9.25. The van der Waals surface area contributed by atoms with Crippen LogP contribution in [0.5, 0.6) is 0 Å². The van der Waals surface area contributed by atoms with Crippen molar-refractivity contribution in [1.82, 2.24) is 4.90 Å². The van der Waals surface area contributed by atoms with Gasteiger partial charge in [0.1, 0.15) is 0 Å². The van der Waals surface area contributed by atoms with Gasteiger partial charge in [0.25, 0.3) is 0 Å². The molecule has 0 aromatic rings. The van der Waals surface area contributed by atoms with Gasteiger partial charge in [0.15, 0.2) is 0 Å². The summed E-state index contributed by atoms with van der Waals surface area (Å²) < 4.78 is 0. The Bertz CT molecular complexity index is 191. The van der Waals surface area contributed by atoms with E-state index in [0.717, 1.165) is 37.3 Å². The van der Waals surface area contributed by atoms with Crippen molar-refractivity contribution in [2.45, 2.75) is 37.5 Å². The van der Waals surface area contributed by atoms with Gasteiger partial charge in [0, 0.05) is 30.1 Å². The third-order valence-electron chi connectivity index (χ3n) is 3.35. The summed E-state index contributed by atoms with van der Waals surface area (Å²) in [7, 11) is 0. The third kappa shape index (κ3) is 2.08. The summed E-state index contributed by atoms with van der Waals surface area (Å²) in [5, 5.41) is 19.1. The van der Waals surface area contributed by atoms with Crippen LogP contribution in [0.15, 0.2) is 0 Å². The predicted molar refractivity (Wildman–Crippen MR) is 58.6 cm³/mol. The second kappa shape index (κ2) is 4.84. The second-order valence-corrected chi connectivity index (χ2v) is 5.36. The summed E-state index contributed by atoms with van der Waals surface area (Å²) in [6.45, 7) is 1.26. The van der Waals surface area contributed by atoms with Crippen LogP contribution in [0.1, 0.15) is 19.3 Å². The summed E-state index contributed by atoms with van der Waals surface area (Å²) in [5.74, 6) is 2.15. The number of thioether (sulfide) groups is 1. The van der Waals surface area contributed by atoms with E-state index in [0.29, 0.717) is 6.04 Å². The molecule has 14 heavy (non-hydrogen) atoms. The van der Waals surface area contributed by atoms with E-state index in [2.05, 4.69) is 4.90 Å². The van der Waals surface area contributed by atoms with Crippen molar-refractivity contribution < 1.29 is 10.2 Å². The van der Waals surface area contributed by atoms with Crippen LogP contribution in [0.2, 0.25) is 0 Å². The fourth-order valence-electron chi connectivity index (χ4n) is 2.57. The van der Waals surface area contributed by atoms with Gasteiger partial charge in [-0.05, 0) is 19.3 Å². The van der Waals surface area contributed by atoms with Crippen molar-refractivity contribution in [2.24, 2.45) is 0 Å². The Kier molecular flexibility index (Phi) is 3.71. The number of hydrogen-bond donors (Lipinski definition) is 2. The SMILES string of the molecule is OCC1CSCCN1[C@@H]1CCC[C@H]1O. The van der Waals surface area contributed by atoms with Gasteiger partial charge >= 0.3 is 0 Å². The van der Waals surface area contributed by atoms with E-state index in [9.17, 15) is 10.2 Å². The Labute approximate surface area is 89.5 Å². The quantitative estimate of drug-likeness (QED) is 0.699. The van der Waals surface area contributed by atoms with E-state index >= 15 is 0 Å². The van der Waals surface area contributed by atoms with Gasteiger partial charge in [0.2, 0.25) is 0 Å². The Morgan fingerprint density at radius 1 is 1.36 bits per heavy atom. The molecule has 2 fully saturated rings. The zero-order valence-electron chi connectivity index (χ0n) is 8.43. The lowest BCUT2D eigenvalue weighted by atomic mass is 10.1. The molecule has 1 aliphatic heterocycles. The first kappa shape index (κ1) is 10.7. The molecular formula is C10H19NO2S. The highest BCUT2D eigenvalue weighted by atomic mass is 32.2. The van der Waals surface area contributed by atoms with Crippen LogP contribution in [0.25, 0.3) is 0 Å². The molecule has 82 valence electrons. The van der Waals surface area contributed by atoms with Crippen molar-refractivity contribution in [3.63, 3.8) is 0 Å². The van der Waals surface area contributed by atoms with Crippen LogP contribution in [0.4, 0.5) is 0 Å². The smallest absolute Gasteiger partial charge is 0.0695 e. The molecule has 1 saturated heterocycles. The van der Waals surface area contributed by atoms with Crippen molar-refractivity contribution in [2.75, 3.05) is 24.7 Å². The minimum absolute atomic E-state index is 0.160. The Hall–Kier alpha value is 0.230. The molecular weight excluding hydrogens is 198 g/mol. The lowest BCUT2D eigenvalue weighted by molar-refractivity contribution is 0.0326. The predicted octanol–water partition coefficient (Wildman–Crippen LogP) is 0.310. The molecule has 1 heterocycles. The Balaban J connectivity index is 1.99. The highest BCUT2D eigenvalue weighted by Gasteiger charge is 2.35. The molecule has 1 aliphatic carbocycles. The Morgan fingerprint density at radius 3 is 2.86 bits per heavy atom. The second-order valence-electron chi connectivity index (χ2n) is 4.21. The Morgan fingerprint density at radius 2 is 2.21 bits per heavy atom. The van der Waals surface area contributed by atoms with E-state index in [1.54, 1.807) is 0 Å². The number of aliphatic hydroxyl groups excluding tert-OH is 2. The summed E-state index contributed by atoms with van der Waals surface area (Å²) in [6, 6.07) is 0.583. The molecule has 2 rings (SSSR count). The molecule has 0 aromatic carbocycles. The first-order valence-corrected chi connectivity index (χ1v) is 6.61. The van der Waals surface area contributed by atoms with Gasteiger partial charge in [-0.3, -0.25) is 4.90 Å². The van der Waals surface area contributed by atoms with E-state index < -0.39 is 0 Å². The van der Waals surface area contributed by atoms with E-state index in [1.165, 1.54) is 0 Å². The molecule has 0 aromatic heterocycles. The molecule has 0 radical (unpaired) electrons. The minimum atomic E-state index is -0.160. The first-order valence-electron chi connectivity index (χ1n) is 5.45. The number of aliphatic hydroxyl groups is 2. The van der Waals surface area contributed by atoms with Gasteiger partial charge in [0.05, 0.1) is 12.7 Å². The molecule has 2 aliphatic rings. The highest BCUT2D eigenvalue weighted by molar-refractivity contribution is 7.99. The normalized spacial score (nSPS) is 40.3. The molecule has 1 unspecified atom stereocenters. The maximum Gasteiger partial charge on any atom is 0.0695 e. The molecule has 0 amide bonds. The average molecular weight is 217 g/mol. The molecule has 3 nitrogen and oxygen atoms in total. The van der Waals surface area contributed by atoms with Gasteiger partial charge in [-0.25, -0.2) is 0 Å². The lowest BCUT2D eigenvalue weighted by Gasteiger charge is -2.39. The van der Waals surface area contributed by atoms with Gasteiger partial charge in [-0.1, -0.05) is 0 Å². The van der Waals surface area contributed by atoms with Crippen LogP contribution < -0.4 is 0 Å². The van der Waals surface area contributed by atoms with Crippen LogP contribution >= 0.6 is 11.8 Å².